The summed E-state index contributed by atoms with van der Waals surface area (Å²) in [7, 11) is 0. The maximum absolute atomic E-state index is 4.59. The van der Waals surface area contributed by atoms with Crippen molar-refractivity contribution in [1.29, 1.82) is 0 Å². The van der Waals surface area contributed by atoms with Crippen LogP contribution in [0.3, 0.4) is 0 Å². The molecule has 0 aromatic carbocycles. The van der Waals surface area contributed by atoms with Crippen molar-refractivity contribution < 1.29 is 0 Å². The van der Waals surface area contributed by atoms with Crippen LogP contribution in [0, 0.1) is 5.92 Å². The molecule has 110 valence electrons. The zero-order chi connectivity index (χ0) is 13.9. The van der Waals surface area contributed by atoms with Gasteiger partial charge in [-0.2, -0.15) is 15.0 Å². The molecule has 2 atom stereocenters. The minimum Gasteiger partial charge on any atom is -0.354 e. The van der Waals surface area contributed by atoms with Gasteiger partial charge in [0.1, 0.15) is 0 Å². The van der Waals surface area contributed by atoms with Gasteiger partial charge in [0.05, 0.1) is 0 Å². The van der Waals surface area contributed by atoms with Gasteiger partial charge in [-0.1, -0.05) is 13.8 Å². The molecule has 6 heteroatoms. The van der Waals surface area contributed by atoms with Gasteiger partial charge < -0.3 is 15.5 Å². The Bertz CT molecular complexity index is 457. The summed E-state index contributed by atoms with van der Waals surface area (Å²) in [4.78, 5) is 15.9. The maximum atomic E-state index is 4.59. The largest absolute Gasteiger partial charge is 0.354 e. The van der Waals surface area contributed by atoms with Gasteiger partial charge in [-0.15, -0.1) is 0 Å². The van der Waals surface area contributed by atoms with Crippen LogP contribution in [0.25, 0.3) is 0 Å². The van der Waals surface area contributed by atoms with Crippen LogP contribution in [0.1, 0.15) is 39.5 Å². The van der Waals surface area contributed by atoms with Gasteiger partial charge >= 0.3 is 0 Å². The first-order valence-corrected chi connectivity index (χ1v) is 7.77. The molecule has 2 heterocycles. The highest BCUT2D eigenvalue weighted by Crippen LogP contribution is 2.32. The zero-order valence-electron chi connectivity index (χ0n) is 12.4. The van der Waals surface area contributed by atoms with E-state index in [0.29, 0.717) is 12.0 Å². The molecule has 0 bridgehead atoms. The molecular formula is C14H24N6. The topological polar surface area (TPSA) is 66.0 Å². The second-order valence-electron chi connectivity index (χ2n) is 5.87. The third-order valence-electron chi connectivity index (χ3n) is 3.97. The average molecular weight is 276 g/mol. The second kappa shape index (κ2) is 5.81. The van der Waals surface area contributed by atoms with Gasteiger partial charge in [0.15, 0.2) is 0 Å². The van der Waals surface area contributed by atoms with Crippen LogP contribution in [-0.4, -0.2) is 40.6 Å². The van der Waals surface area contributed by atoms with E-state index >= 15 is 0 Å². The van der Waals surface area contributed by atoms with E-state index in [1.807, 2.05) is 0 Å². The Labute approximate surface area is 120 Å². The van der Waals surface area contributed by atoms with Gasteiger partial charge in [-0.05, 0) is 31.6 Å². The third kappa shape index (κ3) is 3.11. The molecule has 1 saturated carbocycles. The van der Waals surface area contributed by atoms with E-state index in [9.17, 15) is 0 Å². The number of nitrogens with one attached hydrogen (secondary N) is 2. The fraction of sp³-hybridized carbons (Fsp3) is 0.786. The number of hydrogen-bond donors (Lipinski definition) is 2. The van der Waals surface area contributed by atoms with E-state index in [1.165, 1.54) is 19.3 Å². The van der Waals surface area contributed by atoms with Crippen LogP contribution in [-0.2, 0) is 0 Å². The van der Waals surface area contributed by atoms with Crippen molar-refractivity contribution in [1.82, 2.24) is 15.0 Å². The van der Waals surface area contributed by atoms with Crippen molar-refractivity contribution in [3.63, 3.8) is 0 Å². The van der Waals surface area contributed by atoms with Crippen molar-refractivity contribution in [3.8, 4) is 0 Å². The standard InChI is InChI=1S/C14H24N6/c1-3-6-15-12-17-13(16-11-9-10(11)2)19-14(18-12)20-7-4-5-8-20/h10-11H,3-9H2,1-2H3,(H2,15,16,17,18,19). The van der Waals surface area contributed by atoms with Crippen LogP contribution < -0.4 is 15.5 Å². The van der Waals surface area contributed by atoms with E-state index < -0.39 is 0 Å². The molecule has 2 fully saturated rings. The lowest BCUT2D eigenvalue weighted by molar-refractivity contribution is 0.858. The maximum Gasteiger partial charge on any atom is 0.231 e. The Morgan fingerprint density at radius 3 is 2.50 bits per heavy atom. The molecule has 3 rings (SSSR count). The first-order valence-electron chi connectivity index (χ1n) is 7.77. The second-order valence-corrected chi connectivity index (χ2v) is 5.87. The average Bonchev–Trinajstić information content (AvgIpc) is 2.96. The summed E-state index contributed by atoms with van der Waals surface area (Å²) in [5, 5.41) is 6.69. The Balaban J connectivity index is 1.77. The van der Waals surface area contributed by atoms with E-state index in [4.69, 9.17) is 0 Å². The molecule has 1 saturated heterocycles. The number of hydrogen-bond acceptors (Lipinski definition) is 6. The molecule has 20 heavy (non-hydrogen) atoms. The van der Waals surface area contributed by atoms with Crippen LogP contribution in [0.4, 0.5) is 17.8 Å². The highest BCUT2D eigenvalue weighted by Gasteiger charge is 2.33. The lowest BCUT2D eigenvalue weighted by atomic mass is 10.4. The molecular weight excluding hydrogens is 252 g/mol. The molecule has 0 radical (unpaired) electrons. The predicted molar refractivity (Wildman–Crippen MR) is 81.2 cm³/mol. The SMILES string of the molecule is CCCNc1nc(NC2CC2C)nc(N2CCCC2)n1. The molecule has 1 aliphatic carbocycles. The summed E-state index contributed by atoms with van der Waals surface area (Å²) in [5.41, 5.74) is 0. The van der Waals surface area contributed by atoms with Gasteiger partial charge in [-0.25, -0.2) is 0 Å². The van der Waals surface area contributed by atoms with Crippen LogP contribution in [0.2, 0.25) is 0 Å². The number of rotatable bonds is 6. The van der Waals surface area contributed by atoms with Gasteiger partial charge in [0, 0.05) is 25.7 Å². The van der Waals surface area contributed by atoms with Crippen molar-refractivity contribution in [2.75, 3.05) is 35.2 Å². The van der Waals surface area contributed by atoms with E-state index in [2.05, 4.69) is 44.3 Å². The molecule has 1 aromatic heterocycles. The van der Waals surface area contributed by atoms with Crippen LogP contribution in [0.5, 0.6) is 0 Å². The number of aromatic nitrogens is 3. The smallest absolute Gasteiger partial charge is 0.231 e. The zero-order valence-corrected chi connectivity index (χ0v) is 12.4. The van der Waals surface area contributed by atoms with Crippen LogP contribution in [0.15, 0.2) is 0 Å². The summed E-state index contributed by atoms with van der Waals surface area (Å²) in [6, 6.07) is 0.530. The molecule has 1 aliphatic heterocycles. The summed E-state index contributed by atoms with van der Waals surface area (Å²) in [6.07, 6.45) is 4.73. The molecule has 0 spiro atoms. The normalized spacial score (nSPS) is 24.8. The van der Waals surface area contributed by atoms with E-state index in [1.54, 1.807) is 0 Å². The minimum atomic E-state index is 0.530. The molecule has 2 aliphatic rings. The fourth-order valence-corrected chi connectivity index (χ4v) is 2.49. The van der Waals surface area contributed by atoms with Crippen molar-refractivity contribution >= 4 is 17.8 Å². The number of nitrogens with zero attached hydrogens (tertiary/aromatic N) is 4. The Hall–Kier alpha value is -1.59. The monoisotopic (exact) mass is 276 g/mol. The van der Waals surface area contributed by atoms with E-state index in [0.717, 1.165) is 43.9 Å². The quantitative estimate of drug-likeness (QED) is 0.829. The van der Waals surface area contributed by atoms with Crippen molar-refractivity contribution in [2.45, 2.75) is 45.6 Å². The van der Waals surface area contributed by atoms with Crippen LogP contribution >= 0.6 is 0 Å². The lowest BCUT2D eigenvalue weighted by Crippen LogP contribution is -2.23. The number of anilines is 3. The molecule has 6 nitrogen and oxygen atoms in total. The van der Waals surface area contributed by atoms with Gasteiger partial charge in [0.2, 0.25) is 17.8 Å². The lowest BCUT2D eigenvalue weighted by Gasteiger charge is -2.17. The van der Waals surface area contributed by atoms with Gasteiger partial charge in [0.25, 0.3) is 0 Å². The van der Waals surface area contributed by atoms with E-state index in [-0.39, 0.29) is 0 Å². The first-order chi connectivity index (χ1) is 9.76. The highest BCUT2D eigenvalue weighted by atomic mass is 15.3. The highest BCUT2D eigenvalue weighted by molar-refractivity contribution is 5.45. The summed E-state index contributed by atoms with van der Waals surface area (Å²) in [5.74, 6) is 2.95. The summed E-state index contributed by atoms with van der Waals surface area (Å²) >= 11 is 0. The van der Waals surface area contributed by atoms with Crippen molar-refractivity contribution in [2.24, 2.45) is 5.92 Å². The Kier molecular flexibility index (Phi) is 3.89. The molecule has 2 N–H and O–H groups in total. The summed E-state index contributed by atoms with van der Waals surface area (Å²) < 4.78 is 0. The molecule has 1 aromatic rings. The van der Waals surface area contributed by atoms with Crippen molar-refractivity contribution in [3.05, 3.63) is 0 Å². The Morgan fingerprint density at radius 1 is 1.15 bits per heavy atom. The first kappa shape index (κ1) is 13.4. The predicted octanol–water partition coefficient (Wildman–Crippen LogP) is 2.11. The third-order valence-corrected chi connectivity index (χ3v) is 3.97. The van der Waals surface area contributed by atoms with Gasteiger partial charge in [-0.3, -0.25) is 0 Å². The fourth-order valence-electron chi connectivity index (χ4n) is 2.49. The summed E-state index contributed by atoms with van der Waals surface area (Å²) in [6.45, 7) is 7.38. The molecule has 2 unspecified atom stereocenters. The minimum absolute atomic E-state index is 0.530. The molecule has 0 amide bonds. The Morgan fingerprint density at radius 2 is 1.85 bits per heavy atom.